The first kappa shape index (κ1) is 23.8. The highest BCUT2D eigenvalue weighted by Crippen LogP contribution is 2.23. The van der Waals surface area contributed by atoms with Gasteiger partial charge in [-0.25, -0.2) is 0 Å². The van der Waals surface area contributed by atoms with Gasteiger partial charge in [0.25, 0.3) is 11.8 Å². The second-order valence-electron chi connectivity index (χ2n) is 7.87. The Labute approximate surface area is 197 Å². The Morgan fingerprint density at radius 2 is 1.84 bits per heavy atom. The zero-order chi connectivity index (χ0) is 23.1. The minimum Gasteiger partial charge on any atom is -0.359 e. The van der Waals surface area contributed by atoms with Gasteiger partial charge in [0, 0.05) is 24.2 Å². The lowest BCUT2D eigenvalue weighted by Gasteiger charge is -2.22. The van der Waals surface area contributed by atoms with Crippen molar-refractivity contribution < 1.29 is 14.1 Å². The normalized spacial score (nSPS) is 10.9. The summed E-state index contributed by atoms with van der Waals surface area (Å²) in [4.78, 5) is 27.1. The van der Waals surface area contributed by atoms with Gasteiger partial charge in [-0.15, -0.1) is 0 Å². The molecular formula is C24H25Cl2N3O3. The molecule has 0 saturated carbocycles. The van der Waals surface area contributed by atoms with E-state index in [1.165, 1.54) is 6.07 Å². The van der Waals surface area contributed by atoms with Crippen LogP contribution in [-0.2, 0) is 13.0 Å². The fraction of sp³-hybridized carbons (Fsp3) is 0.292. The summed E-state index contributed by atoms with van der Waals surface area (Å²) >= 11 is 12.3. The van der Waals surface area contributed by atoms with Crippen molar-refractivity contribution in [2.24, 2.45) is 5.92 Å². The van der Waals surface area contributed by atoms with Crippen LogP contribution in [-0.4, -0.2) is 35.0 Å². The van der Waals surface area contributed by atoms with Crippen LogP contribution in [0.1, 0.15) is 46.0 Å². The van der Waals surface area contributed by atoms with E-state index in [2.05, 4.69) is 10.5 Å². The molecule has 0 fully saturated rings. The van der Waals surface area contributed by atoms with Crippen LogP contribution < -0.4 is 5.32 Å². The van der Waals surface area contributed by atoms with E-state index in [4.69, 9.17) is 27.7 Å². The summed E-state index contributed by atoms with van der Waals surface area (Å²) in [5.41, 5.74) is 1.62. The van der Waals surface area contributed by atoms with E-state index in [1.807, 2.05) is 44.2 Å². The lowest BCUT2D eigenvalue weighted by molar-refractivity contribution is 0.0729. The summed E-state index contributed by atoms with van der Waals surface area (Å²) in [5.74, 6) is 0.160. The molecule has 2 amide bonds. The molecule has 0 saturated heterocycles. The Kier molecular flexibility index (Phi) is 8.31. The molecular weight excluding hydrogens is 449 g/mol. The van der Waals surface area contributed by atoms with Crippen molar-refractivity contribution in [1.29, 1.82) is 0 Å². The molecule has 1 N–H and O–H groups in total. The van der Waals surface area contributed by atoms with E-state index >= 15 is 0 Å². The molecule has 0 aliphatic carbocycles. The highest BCUT2D eigenvalue weighted by molar-refractivity contribution is 6.36. The molecule has 0 spiro atoms. The summed E-state index contributed by atoms with van der Waals surface area (Å²) in [6.45, 7) is 5.13. The number of halogens is 2. The van der Waals surface area contributed by atoms with Gasteiger partial charge in [-0.2, -0.15) is 0 Å². The van der Waals surface area contributed by atoms with Gasteiger partial charge < -0.3 is 14.7 Å². The Morgan fingerprint density at radius 1 is 1.09 bits per heavy atom. The quantitative estimate of drug-likeness (QED) is 0.460. The standard InChI is InChI=1S/C24H25Cl2N3O3/c1-16(2)14-27-23(30)22-13-19(32-28-22)15-29(11-10-17-6-4-3-5-7-17)24(31)20-9-8-18(25)12-21(20)26/h3-9,12-13,16H,10-11,14-15H2,1-2H3,(H,27,30). The molecule has 32 heavy (non-hydrogen) atoms. The third kappa shape index (κ3) is 6.58. The molecule has 1 aromatic heterocycles. The maximum atomic E-state index is 13.3. The van der Waals surface area contributed by atoms with Gasteiger partial charge in [-0.05, 0) is 36.1 Å². The number of benzene rings is 2. The molecule has 0 aliphatic rings. The second kappa shape index (κ2) is 11.2. The van der Waals surface area contributed by atoms with E-state index in [0.717, 1.165) is 5.56 Å². The summed E-state index contributed by atoms with van der Waals surface area (Å²) in [6, 6.07) is 16.2. The predicted octanol–water partition coefficient (Wildman–Crippen LogP) is 5.25. The number of hydrogen-bond acceptors (Lipinski definition) is 4. The van der Waals surface area contributed by atoms with Crippen LogP contribution in [0.2, 0.25) is 10.0 Å². The molecule has 3 aromatic rings. The first-order valence-electron chi connectivity index (χ1n) is 10.4. The Balaban J connectivity index is 1.78. The van der Waals surface area contributed by atoms with E-state index in [9.17, 15) is 9.59 Å². The van der Waals surface area contributed by atoms with Crippen LogP contribution >= 0.6 is 23.2 Å². The largest absolute Gasteiger partial charge is 0.359 e. The van der Waals surface area contributed by atoms with E-state index in [1.54, 1.807) is 23.1 Å². The van der Waals surface area contributed by atoms with Crippen molar-refractivity contribution in [2.45, 2.75) is 26.8 Å². The minimum absolute atomic E-state index is 0.148. The van der Waals surface area contributed by atoms with E-state index < -0.39 is 0 Å². The predicted molar refractivity (Wildman–Crippen MR) is 125 cm³/mol. The molecule has 8 heteroatoms. The number of carbonyl (C=O) groups excluding carboxylic acids is 2. The number of aromatic nitrogens is 1. The van der Waals surface area contributed by atoms with E-state index in [-0.39, 0.29) is 29.1 Å². The first-order chi connectivity index (χ1) is 15.3. The first-order valence-corrected chi connectivity index (χ1v) is 11.1. The van der Waals surface area contributed by atoms with Crippen LogP contribution in [0.25, 0.3) is 0 Å². The molecule has 168 valence electrons. The second-order valence-corrected chi connectivity index (χ2v) is 8.71. The number of carbonyl (C=O) groups is 2. The molecule has 0 radical (unpaired) electrons. The van der Waals surface area contributed by atoms with Crippen molar-refractivity contribution in [1.82, 2.24) is 15.4 Å². The fourth-order valence-electron chi connectivity index (χ4n) is 3.06. The Hall–Kier alpha value is -2.83. The number of nitrogens with zero attached hydrogens (tertiary/aromatic N) is 2. The van der Waals surface area contributed by atoms with Crippen LogP contribution in [0, 0.1) is 5.92 Å². The third-order valence-corrected chi connectivity index (χ3v) is 5.32. The highest BCUT2D eigenvalue weighted by atomic mass is 35.5. The van der Waals surface area contributed by atoms with Crippen LogP contribution in [0.3, 0.4) is 0 Å². The summed E-state index contributed by atoms with van der Waals surface area (Å²) in [7, 11) is 0. The van der Waals surface area contributed by atoms with Crippen molar-refractivity contribution in [2.75, 3.05) is 13.1 Å². The molecule has 6 nitrogen and oxygen atoms in total. The highest BCUT2D eigenvalue weighted by Gasteiger charge is 2.22. The molecule has 2 aromatic carbocycles. The zero-order valence-corrected chi connectivity index (χ0v) is 19.5. The third-order valence-electron chi connectivity index (χ3n) is 4.77. The van der Waals surface area contributed by atoms with Gasteiger partial charge in [0.1, 0.15) is 0 Å². The molecule has 3 rings (SSSR count). The Morgan fingerprint density at radius 3 is 2.53 bits per heavy atom. The molecule has 0 atom stereocenters. The van der Waals surface area contributed by atoms with Crippen molar-refractivity contribution in [3.63, 3.8) is 0 Å². The summed E-state index contributed by atoms with van der Waals surface area (Å²) in [5, 5.41) is 7.39. The van der Waals surface area contributed by atoms with Crippen molar-refractivity contribution in [3.05, 3.63) is 87.2 Å². The van der Waals surface area contributed by atoms with Gasteiger partial charge in [0.15, 0.2) is 11.5 Å². The van der Waals surface area contributed by atoms with Gasteiger partial charge >= 0.3 is 0 Å². The maximum Gasteiger partial charge on any atom is 0.273 e. The Bertz CT molecular complexity index is 1070. The molecule has 1 heterocycles. The number of amides is 2. The lowest BCUT2D eigenvalue weighted by atomic mass is 10.1. The number of nitrogens with one attached hydrogen (secondary N) is 1. The summed E-state index contributed by atoms with van der Waals surface area (Å²) < 4.78 is 5.35. The molecule has 0 unspecified atom stereocenters. The average molecular weight is 474 g/mol. The van der Waals surface area contributed by atoms with Crippen molar-refractivity contribution in [3.8, 4) is 0 Å². The van der Waals surface area contributed by atoms with Gasteiger partial charge in [0.05, 0.1) is 17.1 Å². The monoisotopic (exact) mass is 473 g/mol. The SMILES string of the molecule is CC(C)CNC(=O)c1cc(CN(CCc2ccccc2)C(=O)c2ccc(Cl)cc2Cl)on1. The smallest absolute Gasteiger partial charge is 0.273 e. The van der Waals surface area contributed by atoms with Gasteiger partial charge in [-0.1, -0.05) is 72.5 Å². The van der Waals surface area contributed by atoms with E-state index in [0.29, 0.717) is 41.8 Å². The summed E-state index contributed by atoms with van der Waals surface area (Å²) in [6.07, 6.45) is 0.646. The molecule has 0 bridgehead atoms. The van der Waals surface area contributed by atoms with Crippen LogP contribution in [0.4, 0.5) is 0 Å². The topological polar surface area (TPSA) is 75.4 Å². The van der Waals surface area contributed by atoms with Crippen LogP contribution in [0.15, 0.2) is 59.1 Å². The zero-order valence-electron chi connectivity index (χ0n) is 18.0. The van der Waals surface area contributed by atoms with Crippen molar-refractivity contribution >= 4 is 35.0 Å². The van der Waals surface area contributed by atoms with Crippen LogP contribution in [0.5, 0.6) is 0 Å². The number of rotatable bonds is 9. The minimum atomic E-state index is -0.309. The number of hydrogen-bond donors (Lipinski definition) is 1. The van der Waals surface area contributed by atoms with Gasteiger partial charge in [-0.3, -0.25) is 9.59 Å². The molecule has 0 aliphatic heterocycles. The lowest BCUT2D eigenvalue weighted by Crippen LogP contribution is -2.32. The average Bonchev–Trinajstić information content (AvgIpc) is 3.24. The fourth-order valence-corrected chi connectivity index (χ4v) is 3.55. The maximum absolute atomic E-state index is 13.3. The van der Waals surface area contributed by atoms with Gasteiger partial charge in [0.2, 0.25) is 0 Å².